The molecule has 0 aromatic rings. The first-order chi connectivity index (χ1) is 3.83. The number of nitrogens with zero attached hydrogens (tertiary/aromatic N) is 2. The molecule has 0 fully saturated rings. The van der Waals surface area contributed by atoms with Crippen molar-refractivity contribution in [2.45, 2.75) is 6.92 Å². The van der Waals surface area contributed by atoms with Gasteiger partial charge in [0.1, 0.15) is 12.8 Å². The van der Waals surface area contributed by atoms with Crippen molar-refractivity contribution in [2.75, 3.05) is 20.1 Å². The molecule has 1 heterocycles. The molecule has 0 aliphatic carbocycles. The normalized spacial score (nSPS) is 24.5. The maximum Gasteiger partial charge on any atom is 0.412 e. The number of rotatable bonds is 1. The van der Waals surface area contributed by atoms with E-state index in [4.69, 9.17) is 0 Å². The van der Waals surface area contributed by atoms with Crippen molar-refractivity contribution in [3.05, 3.63) is 0 Å². The molecule has 0 amide bonds. The van der Waals surface area contributed by atoms with Gasteiger partial charge in [-0.1, -0.05) is 0 Å². The van der Waals surface area contributed by atoms with E-state index in [1.807, 2.05) is 0 Å². The Morgan fingerprint density at radius 3 is 2.88 bits per heavy atom. The molecule has 1 rings (SSSR count). The summed E-state index contributed by atoms with van der Waals surface area (Å²) in [6.45, 7) is 4.60. The van der Waals surface area contributed by atoms with Gasteiger partial charge in [0.05, 0.1) is 6.54 Å². The molecular formula is C5H13N2Si+. The van der Waals surface area contributed by atoms with Crippen LogP contribution in [0.5, 0.6) is 0 Å². The Labute approximate surface area is 52.8 Å². The molecule has 0 unspecified atom stereocenters. The third-order valence-electron chi connectivity index (χ3n) is 1.48. The molecule has 0 spiro atoms. The fourth-order valence-electron chi connectivity index (χ4n) is 0.910. The Morgan fingerprint density at radius 2 is 2.62 bits per heavy atom. The quantitative estimate of drug-likeness (QED) is 0.413. The minimum atomic E-state index is -0.00733. The van der Waals surface area contributed by atoms with E-state index in [0.717, 1.165) is 0 Å². The minimum absolute atomic E-state index is 0.00733. The summed E-state index contributed by atoms with van der Waals surface area (Å²) >= 11 is 0. The summed E-state index contributed by atoms with van der Waals surface area (Å²) in [5.41, 5.74) is 0. The third kappa shape index (κ3) is 1.17. The van der Waals surface area contributed by atoms with Crippen LogP contribution in [-0.4, -0.2) is 45.0 Å². The second-order valence-corrected chi connectivity index (χ2v) is 4.44. The van der Waals surface area contributed by atoms with Gasteiger partial charge < -0.3 is 4.24 Å². The summed E-state index contributed by atoms with van der Waals surface area (Å²) in [7, 11) is 2.19. The molecule has 0 atom stereocenters. The summed E-state index contributed by atoms with van der Waals surface area (Å²) in [5, 5.41) is 0. The van der Waals surface area contributed by atoms with Crippen LogP contribution in [0.4, 0.5) is 0 Å². The van der Waals surface area contributed by atoms with Crippen molar-refractivity contribution < 1.29 is 4.24 Å². The van der Waals surface area contributed by atoms with E-state index in [-0.39, 0.29) is 9.84 Å². The van der Waals surface area contributed by atoms with Crippen LogP contribution in [0.15, 0.2) is 0 Å². The van der Waals surface area contributed by atoms with Crippen molar-refractivity contribution in [2.24, 2.45) is 0 Å². The van der Waals surface area contributed by atoms with E-state index >= 15 is 0 Å². The maximum absolute atomic E-state index is 2.44. The molecule has 1 aliphatic rings. The molecule has 2 nitrogen and oxygen atoms in total. The SMILES string of the molecule is CC[N+]1=CCN(C)[SiH2]1. The molecule has 0 radical (unpaired) electrons. The van der Waals surface area contributed by atoms with Crippen molar-refractivity contribution in [1.29, 1.82) is 0 Å². The lowest BCUT2D eigenvalue weighted by atomic mass is 10.7. The molecule has 1 aliphatic heterocycles. The summed E-state index contributed by atoms with van der Waals surface area (Å²) in [6.07, 6.45) is 2.30. The van der Waals surface area contributed by atoms with Gasteiger partial charge >= 0.3 is 9.84 Å². The van der Waals surface area contributed by atoms with Gasteiger partial charge in [-0.25, -0.2) is 0 Å². The zero-order chi connectivity index (χ0) is 5.98. The van der Waals surface area contributed by atoms with Crippen LogP contribution in [0.3, 0.4) is 0 Å². The predicted octanol–water partition coefficient (Wildman–Crippen LogP) is -0.966. The van der Waals surface area contributed by atoms with E-state index < -0.39 is 0 Å². The zero-order valence-electron chi connectivity index (χ0n) is 5.59. The van der Waals surface area contributed by atoms with Crippen LogP contribution in [0.25, 0.3) is 0 Å². The lowest BCUT2D eigenvalue weighted by Gasteiger charge is -1.97. The highest BCUT2D eigenvalue weighted by atomic mass is 28.2. The van der Waals surface area contributed by atoms with Gasteiger partial charge in [-0.15, -0.1) is 0 Å². The first-order valence-corrected chi connectivity index (χ1v) is 4.35. The Morgan fingerprint density at radius 1 is 1.88 bits per heavy atom. The van der Waals surface area contributed by atoms with Crippen molar-refractivity contribution in [3.8, 4) is 0 Å². The van der Waals surface area contributed by atoms with Crippen LogP contribution >= 0.6 is 0 Å². The van der Waals surface area contributed by atoms with Crippen molar-refractivity contribution in [3.63, 3.8) is 0 Å². The van der Waals surface area contributed by atoms with Gasteiger partial charge in [-0.3, -0.25) is 4.57 Å². The van der Waals surface area contributed by atoms with Gasteiger partial charge in [0.2, 0.25) is 0 Å². The fraction of sp³-hybridized carbons (Fsp3) is 0.800. The highest BCUT2D eigenvalue weighted by molar-refractivity contribution is 6.24. The topological polar surface area (TPSA) is 6.25 Å². The zero-order valence-corrected chi connectivity index (χ0v) is 7.01. The average Bonchev–Trinajstić information content (AvgIpc) is 2.14. The molecule has 0 aromatic carbocycles. The van der Waals surface area contributed by atoms with Crippen LogP contribution in [0.2, 0.25) is 0 Å². The molecule has 0 saturated carbocycles. The van der Waals surface area contributed by atoms with Gasteiger partial charge in [-0.2, -0.15) is 0 Å². The van der Waals surface area contributed by atoms with Crippen LogP contribution in [0.1, 0.15) is 6.92 Å². The van der Waals surface area contributed by atoms with Crippen molar-refractivity contribution in [1.82, 2.24) is 4.57 Å². The molecule has 8 heavy (non-hydrogen) atoms. The number of hydrogen-bond acceptors (Lipinski definition) is 1. The Bertz CT molecular complexity index is 111. The van der Waals surface area contributed by atoms with Gasteiger partial charge in [0.15, 0.2) is 0 Å². The highest BCUT2D eigenvalue weighted by Crippen LogP contribution is 1.85. The second kappa shape index (κ2) is 2.41. The average molecular weight is 129 g/mol. The monoisotopic (exact) mass is 129 g/mol. The smallest absolute Gasteiger partial charge is 0.305 e. The summed E-state index contributed by atoms with van der Waals surface area (Å²) in [4.78, 5) is 0. The van der Waals surface area contributed by atoms with Gasteiger partial charge in [-0.05, 0) is 14.0 Å². The maximum atomic E-state index is 2.44. The first kappa shape index (κ1) is 5.97. The molecular weight excluding hydrogens is 116 g/mol. The molecule has 46 valence electrons. The molecule has 0 aromatic heterocycles. The van der Waals surface area contributed by atoms with E-state index in [1.165, 1.54) is 13.1 Å². The van der Waals surface area contributed by atoms with Crippen LogP contribution in [0, 0.1) is 0 Å². The molecule has 3 heteroatoms. The summed E-state index contributed by atoms with van der Waals surface area (Å²) in [5.74, 6) is 0. The van der Waals surface area contributed by atoms with E-state index in [9.17, 15) is 0 Å². The predicted molar refractivity (Wildman–Crippen MR) is 38.0 cm³/mol. The van der Waals surface area contributed by atoms with E-state index in [0.29, 0.717) is 0 Å². The minimum Gasteiger partial charge on any atom is -0.305 e. The second-order valence-electron chi connectivity index (χ2n) is 2.27. The van der Waals surface area contributed by atoms with E-state index in [2.05, 4.69) is 29.0 Å². The Kier molecular flexibility index (Phi) is 1.80. The highest BCUT2D eigenvalue weighted by Gasteiger charge is 2.14. The largest absolute Gasteiger partial charge is 0.412 e. The Hall–Kier alpha value is -0.153. The summed E-state index contributed by atoms with van der Waals surface area (Å²) < 4.78 is 4.86. The third-order valence-corrected chi connectivity index (χ3v) is 3.29. The standard InChI is InChI=1S/C5H13N2Si/c1-3-7-5-4-6(2)8-7/h5H,3-4,8H2,1-2H3/q+1. The lowest BCUT2D eigenvalue weighted by molar-refractivity contribution is -0.371. The summed E-state index contributed by atoms with van der Waals surface area (Å²) in [6, 6.07) is 0. The van der Waals surface area contributed by atoms with Crippen LogP contribution < -0.4 is 0 Å². The molecule has 0 bridgehead atoms. The van der Waals surface area contributed by atoms with E-state index in [1.54, 1.807) is 0 Å². The first-order valence-electron chi connectivity index (χ1n) is 3.09. The number of hydrogen-bond donors (Lipinski definition) is 0. The fourth-order valence-corrected chi connectivity index (χ4v) is 2.19. The van der Waals surface area contributed by atoms with Gasteiger partial charge in [0.25, 0.3) is 0 Å². The Balaban J connectivity index is 2.37. The molecule has 0 N–H and O–H groups in total. The van der Waals surface area contributed by atoms with Gasteiger partial charge in [0, 0.05) is 0 Å². The van der Waals surface area contributed by atoms with Crippen LogP contribution in [-0.2, 0) is 0 Å². The van der Waals surface area contributed by atoms with Crippen molar-refractivity contribution >= 4 is 16.1 Å². The lowest BCUT2D eigenvalue weighted by Crippen LogP contribution is -2.24. The molecule has 0 saturated heterocycles.